The van der Waals surface area contributed by atoms with Gasteiger partial charge in [0.1, 0.15) is 5.82 Å². The van der Waals surface area contributed by atoms with Crippen LogP contribution in [0.1, 0.15) is 11.1 Å². The van der Waals surface area contributed by atoms with Crippen molar-refractivity contribution in [1.29, 1.82) is 0 Å². The van der Waals surface area contributed by atoms with Gasteiger partial charge < -0.3 is 10.6 Å². The molecule has 8 heteroatoms. The van der Waals surface area contributed by atoms with E-state index in [4.69, 9.17) is 29.6 Å². The highest BCUT2D eigenvalue weighted by Gasteiger charge is 2.18. The Labute approximate surface area is 168 Å². The first-order valence-electron chi connectivity index (χ1n) is 8.61. The maximum absolute atomic E-state index is 13.0. The van der Waals surface area contributed by atoms with Gasteiger partial charge in [-0.3, -0.25) is 10.3 Å². The quantitative estimate of drug-likeness (QED) is 0.455. The second kappa shape index (κ2) is 9.12. The topological polar surface area (TPSA) is 56.9 Å². The summed E-state index contributed by atoms with van der Waals surface area (Å²) in [6, 6.07) is 12.6. The lowest BCUT2D eigenvalue weighted by Crippen LogP contribution is -2.45. The van der Waals surface area contributed by atoms with Gasteiger partial charge in [0.05, 0.1) is 11.2 Å². The van der Waals surface area contributed by atoms with E-state index in [9.17, 15) is 4.39 Å². The average Bonchev–Trinajstić information content (AvgIpc) is 2.65. The van der Waals surface area contributed by atoms with Crippen molar-refractivity contribution in [3.63, 3.8) is 0 Å². The molecule has 1 fully saturated rings. The maximum Gasteiger partial charge on any atom is 0.184 e. The minimum atomic E-state index is -0.199. The Balaban J connectivity index is 1.56. The molecule has 0 aliphatic carbocycles. The summed E-state index contributed by atoms with van der Waals surface area (Å²) < 4.78 is 13.0. The van der Waals surface area contributed by atoms with Crippen LogP contribution in [-0.2, 0) is 6.54 Å². The molecule has 0 saturated carbocycles. The second-order valence-corrected chi connectivity index (χ2v) is 7.18. The highest BCUT2D eigenvalue weighted by atomic mass is 35.5. The lowest BCUT2D eigenvalue weighted by atomic mass is 10.1. The number of rotatable bonds is 5. The normalized spacial score (nSPS) is 15.3. The smallest absolute Gasteiger partial charge is 0.184 e. The number of nitrogens with zero attached hydrogens (tertiary/aromatic N) is 3. The van der Waals surface area contributed by atoms with Gasteiger partial charge >= 0.3 is 0 Å². The van der Waals surface area contributed by atoms with Crippen LogP contribution in [0.5, 0.6) is 0 Å². The molecule has 2 aromatic carbocycles. The predicted octanol–water partition coefficient (Wildman–Crippen LogP) is 2.97. The van der Waals surface area contributed by atoms with Gasteiger partial charge in [-0.2, -0.15) is 5.10 Å². The summed E-state index contributed by atoms with van der Waals surface area (Å²) in [5.74, 6) is -0.199. The first kappa shape index (κ1) is 19.5. The van der Waals surface area contributed by atoms with E-state index >= 15 is 0 Å². The number of piperazine rings is 1. The van der Waals surface area contributed by atoms with Crippen molar-refractivity contribution in [1.82, 2.24) is 10.3 Å². The highest BCUT2D eigenvalue weighted by Crippen LogP contribution is 2.24. The van der Waals surface area contributed by atoms with Gasteiger partial charge in [0.15, 0.2) is 5.11 Å². The van der Waals surface area contributed by atoms with Crippen molar-refractivity contribution in [2.24, 2.45) is 10.8 Å². The third kappa shape index (κ3) is 5.63. The van der Waals surface area contributed by atoms with E-state index in [0.717, 1.165) is 49.5 Å². The molecule has 5 nitrogen and oxygen atoms in total. The molecule has 1 aliphatic rings. The first-order chi connectivity index (χ1) is 13.0. The van der Waals surface area contributed by atoms with Gasteiger partial charge in [-0.15, -0.1) is 0 Å². The third-order valence-electron chi connectivity index (χ3n) is 4.42. The number of thiocarbonyl (C=S) groups is 1. The highest BCUT2D eigenvalue weighted by molar-refractivity contribution is 7.80. The minimum absolute atomic E-state index is 0.109. The van der Waals surface area contributed by atoms with E-state index in [1.54, 1.807) is 6.21 Å². The standard InChI is InChI=1S/C19H21ClFN5S/c20-18-11-17(6-3-15(18)12-23-24-19(22)27)26-9-7-25(8-10-26)13-14-1-4-16(21)5-2-14/h1-6,11-12H,7-10,13H2,(H3,22,24,27). The van der Waals surface area contributed by atoms with E-state index in [-0.39, 0.29) is 10.9 Å². The summed E-state index contributed by atoms with van der Waals surface area (Å²) in [6.07, 6.45) is 1.59. The number of nitrogens with two attached hydrogens (primary N) is 1. The van der Waals surface area contributed by atoms with Crippen LogP contribution in [0.15, 0.2) is 47.6 Å². The largest absolute Gasteiger partial charge is 0.375 e. The van der Waals surface area contributed by atoms with Crippen LogP contribution in [0.3, 0.4) is 0 Å². The Bertz CT molecular complexity index is 819. The van der Waals surface area contributed by atoms with Crippen LogP contribution in [0.4, 0.5) is 10.1 Å². The SMILES string of the molecule is NC(=S)NN=Cc1ccc(N2CCN(Cc3ccc(F)cc3)CC2)cc1Cl. The Hall–Kier alpha value is -2.22. The summed E-state index contributed by atoms with van der Waals surface area (Å²) >= 11 is 11.1. The van der Waals surface area contributed by atoms with Crippen molar-refractivity contribution in [3.05, 3.63) is 64.4 Å². The summed E-state index contributed by atoms with van der Waals surface area (Å²) in [6.45, 7) is 4.54. The fourth-order valence-electron chi connectivity index (χ4n) is 3.00. The van der Waals surface area contributed by atoms with E-state index in [2.05, 4.69) is 20.3 Å². The van der Waals surface area contributed by atoms with E-state index in [1.165, 1.54) is 12.1 Å². The number of benzene rings is 2. The fourth-order valence-corrected chi connectivity index (χ4v) is 3.27. The number of halogens is 2. The summed E-state index contributed by atoms with van der Waals surface area (Å²) in [5.41, 5.74) is 10.8. The Kier molecular flexibility index (Phi) is 6.60. The second-order valence-electron chi connectivity index (χ2n) is 6.33. The molecular formula is C19H21ClFN5S. The minimum Gasteiger partial charge on any atom is -0.375 e. The van der Waals surface area contributed by atoms with Gasteiger partial charge in [0.2, 0.25) is 0 Å². The summed E-state index contributed by atoms with van der Waals surface area (Å²) in [4.78, 5) is 4.68. The lowest BCUT2D eigenvalue weighted by Gasteiger charge is -2.36. The Morgan fingerprint density at radius 2 is 1.89 bits per heavy atom. The zero-order chi connectivity index (χ0) is 19.2. The number of hydrazone groups is 1. The predicted molar refractivity (Wildman–Crippen MR) is 113 cm³/mol. The number of nitrogens with one attached hydrogen (secondary N) is 1. The van der Waals surface area contributed by atoms with Gasteiger partial charge in [0.25, 0.3) is 0 Å². The molecule has 3 rings (SSSR count). The van der Waals surface area contributed by atoms with Gasteiger partial charge in [-0.1, -0.05) is 23.7 Å². The molecule has 27 heavy (non-hydrogen) atoms. The Morgan fingerprint density at radius 1 is 1.19 bits per heavy atom. The van der Waals surface area contributed by atoms with Crippen LogP contribution < -0.4 is 16.1 Å². The van der Waals surface area contributed by atoms with Crippen molar-refractivity contribution in [2.75, 3.05) is 31.1 Å². The molecule has 2 aromatic rings. The van der Waals surface area contributed by atoms with Crippen LogP contribution >= 0.6 is 23.8 Å². The molecule has 0 spiro atoms. The van der Waals surface area contributed by atoms with Gasteiger partial charge in [-0.05, 0) is 48.1 Å². The molecule has 0 bridgehead atoms. The molecule has 0 atom stereocenters. The van der Waals surface area contributed by atoms with Crippen molar-refractivity contribution >= 4 is 40.8 Å². The fraction of sp³-hybridized carbons (Fsp3) is 0.263. The molecule has 142 valence electrons. The van der Waals surface area contributed by atoms with E-state index in [0.29, 0.717) is 5.02 Å². The molecular weight excluding hydrogens is 385 g/mol. The molecule has 0 unspecified atom stereocenters. The molecule has 0 aromatic heterocycles. The number of hydrogen-bond donors (Lipinski definition) is 2. The molecule has 0 radical (unpaired) electrons. The van der Waals surface area contributed by atoms with Gasteiger partial charge in [-0.25, -0.2) is 4.39 Å². The van der Waals surface area contributed by atoms with Crippen LogP contribution in [0.25, 0.3) is 0 Å². The number of anilines is 1. The first-order valence-corrected chi connectivity index (χ1v) is 9.40. The molecule has 1 aliphatic heterocycles. The third-order valence-corrected chi connectivity index (χ3v) is 4.84. The zero-order valence-electron chi connectivity index (χ0n) is 14.7. The van der Waals surface area contributed by atoms with Crippen LogP contribution in [0, 0.1) is 5.82 Å². The molecule has 1 heterocycles. The van der Waals surface area contributed by atoms with Crippen molar-refractivity contribution in [2.45, 2.75) is 6.54 Å². The van der Waals surface area contributed by atoms with E-state index < -0.39 is 0 Å². The molecule has 3 N–H and O–H groups in total. The van der Waals surface area contributed by atoms with Gasteiger partial charge in [0, 0.05) is 44.0 Å². The maximum atomic E-state index is 13.0. The average molecular weight is 406 g/mol. The van der Waals surface area contributed by atoms with Crippen LogP contribution in [-0.4, -0.2) is 42.4 Å². The van der Waals surface area contributed by atoms with Crippen molar-refractivity contribution < 1.29 is 4.39 Å². The van der Waals surface area contributed by atoms with E-state index in [1.807, 2.05) is 30.3 Å². The monoisotopic (exact) mass is 405 g/mol. The van der Waals surface area contributed by atoms with Crippen LogP contribution in [0.2, 0.25) is 5.02 Å². The molecule has 0 amide bonds. The summed E-state index contributed by atoms with van der Waals surface area (Å²) in [7, 11) is 0. The Morgan fingerprint density at radius 3 is 2.52 bits per heavy atom. The lowest BCUT2D eigenvalue weighted by molar-refractivity contribution is 0.250. The van der Waals surface area contributed by atoms with Crippen molar-refractivity contribution in [3.8, 4) is 0 Å². The molecule has 1 saturated heterocycles. The summed E-state index contributed by atoms with van der Waals surface area (Å²) in [5, 5.41) is 4.66. The number of hydrogen-bond acceptors (Lipinski definition) is 4. The zero-order valence-corrected chi connectivity index (χ0v) is 16.3.